The zero-order valence-electron chi connectivity index (χ0n) is 12.7. The minimum Gasteiger partial charge on any atom is -0.290 e. The van der Waals surface area contributed by atoms with Crippen molar-refractivity contribution in [3.63, 3.8) is 0 Å². The number of thioether (sulfide) groups is 1. The van der Waals surface area contributed by atoms with E-state index >= 15 is 0 Å². The van der Waals surface area contributed by atoms with Gasteiger partial charge in [-0.2, -0.15) is 0 Å². The van der Waals surface area contributed by atoms with Gasteiger partial charge in [0, 0.05) is 19.4 Å². The van der Waals surface area contributed by atoms with Crippen molar-refractivity contribution in [2.24, 2.45) is 4.99 Å². The number of halogens is 1. The van der Waals surface area contributed by atoms with Gasteiger partial charge < -0.3 is 0 Å². The van der Waals surface area contributed by atoms with Gasteiger partial charge >= 0.3 is 0 Å². The van der Waals surface area contributed by atoms with E-state index in [4.69, 9.17) is 11.6 Å². The minimum absolute atomic E-state index is 0.0690. The third kappa shape index (κ3) is 3.46. The largest absolute Gasteiger partial charge is 0.290 e. The van der Waals surface area contributed by atoms with Crippen molar-refractivity contribution in [1.29, 1.82) is 0 Å². The molecular weight excluding hydrogens is 330 g/mol. The van der Waals surface area contributed by atoms with E-state index in [1.54, 1.807) is 19.3 Å². The average Bonchev–Trinajstić information content (AvgIpc) is 2.78. The molecule has 1 aliphatic heterocycles. The molecule has 23 heavy (non-hydrogen) atoms. The Morgan fingerprint density at radius 1 is 1.35 bits per heavy atom. The summed E-state index contributed by atoms with van der Waals surface area (Å²) in [7, 11) is 1.71. The monoisotopic (exact) mass is 343 g/mol. The zero-order valence-corrected chi connectivity index (χ0v) is 14.2. The predicted octanol–water partition coefficient (Wildman–Crippen LogP) is 4.28. The van der Waals surface area contributed by atoms with Crippen LogP contribution in [0.4, 0.5) is 5.69 Å². The fraction of sp³-hybridized carbons (Fsp3) is 0.118. The fourth-order valence-corrected chi connectivity index (χ4v) is 3.27. The molecular formula is C17H14ClN3OS. The Morgan fingerprint density at radius 2 is 2.17 bits per heavy atom. The first-order chi connectivity index (χ1) is 11.0. The molecule has 1 fully saturated rings. The van der Waals surface area contributed by atoms with E-state index in [-0.39, 0.29) is 5.91 Å². The molecule has 0 saturated carbocycles. The Balaban J connectivity index is 1.93. The van der Waals surface area contributed by atoms with Crippen LogP contribution in [0.3, 0.4) is 0 Å². The second-order valence-electron chi connectivity index (χ2n) is 5.11. The van der Waals surface area contributed by atoms with Gasteiger partial charge in [0.15, 0.2) is 5.17 Å². The number of amides is 1. The van der Waals surface area contributed by atoms with Gasteiger partial charge in [0.05, 0.1) is 15.6 Å². The maximum atomic E-state index is 12.4. The first-order valence-corrected chi connectivity index (χ1v) is 8.16. The highest BCUT2D eigenvalue weighted by Crippen LogP contribution is 2.34. The normalized spacial score (nSPS) is 18.2. The van der Waals surface area contributed by atoms with Crippen LogP contribution in [0.25, 0.3) is 6.08 Å². The number of likely N-dealkylation sites (N-methyl/N-ethyl adjacent to an activating group) is 1. The van der Waals surface area contributed by atoms with E-state index in [9.17, 15) is 4.79 Å². The molecule has 1 aliphatic rings. The molecule has 0 unspecified atom stereocenters. The van der Waals surface area contributed by atoms with Gasteiger partial charge in [-0.15, -0.1) is 0 Å². The fourth-order valence-electron chi connectivity index (χ4n) is 2.12. The van der Waals surface area contributed by atoms with Crippen molar-refractivity contribution in [2.45, 2.75) is 6.92 Å². The van der Waals surface area contributed by atoms with Crippen LogP contribution in [0.2, 0.25) is 5.02 Å². The van der Waals surface area contributed by atoms with E-state index in [1.807, 2.05) is 37.3 Å². The van der Waals surface area contributed by atoms with Gasteiger partial charge in [0.25, 0.3) is 5.91 Å². The third-order valence-corrected chi connectivity index (χ3v) is 4.66. The summed E-state index contributed by atoms with van der Waals surface area (Å²) in [6.45, 7) is 2.02. The predicted molar refractivity (Wildman–Crippen MR) is 95.9 cm³/mol. The smallest absolute Gasteiger partial charge is 0.266 e. The highest BCUT2D eigenvalue weighted by molar-refractivity contribution is 8.18. The second-order valence-corrected chi connectivity index (χ2v) is 6.53. The molecule has 1 aromatic carbocycles. The number of benzene rings is 1. The van der Waals surface area contributed by atoms with Crippen LogP contribution in [0.5, 0.6) is 0 Å². The van der Waals surface area contributed by atoms with Crippen LogP contribution in [-0.2, 0) is 4.79 Å². The zero-order chi connectivity index (χ0) is 16.4. The number of aromatic nitrogens is 1. The molecule has 116 valence electrons. The lowest BCUT2D eigenvalue weighted by molar-refractivity contribution is -0.121. The molecule has 2 aromatic rings. The molecule has 2 heterocycles. The van der Waals surface area contributed by atoms with Crippen molar-refractivity contribution >= 4 is 46.2 Å². The van der Waals surface area contributed by atoms with Crippen molar-refractivity contribution in [2.75, 3.05) is 7.05 Å². The Labute approximate surface area is 143 Å². The maximum Gasteiger partial charge on any atom is 0.266 e. The van der Waals surface area contributed by atoms with E-state index in [1.165, 1.54) is 22.9 Å². The number of amidine groups is 1. The van der Waals surface area contributed by atoms with Crippen LogP contribution in [-0.4, -0.2) is 28.0 Å². The van der Waals surface area contributed by atoms with Crippen molar-refractivity contribution in [1.82, 2.24) is 9.88 Å². The van der Waals surface area contributed by atoms with Gasteiger partial charge in [0.1, 0.15) is 0 Å². The number of carbonyl (C=O) groups excluding carboxylic acids is 1. The first-order valence-electron chi connectivity index (χ1n) is 6.97. The molecule has 3 rings (SSSR count). The molecule has 0 spiro atoms. The summed E-state index contributed by atoms with van der Waals surface area (Å²) < 4.78 is 0. The van der Waals surface area contributed by atoms with Gasteiger partial charge in [-0.25, -0.2) is 4.99 Å². The van der Waals surface area contributed by atoms with Gasteiger partial charge in [-0.3, -0.25) is 14.7 Å². The topological polar surface area (TPSA) is 45.6 Å². The summed E-state index contributed by atoms with van der Waals surface area (Å²) in [6, 6.07) is 9.73. The van der Waals surface area contributed by atoms with Gasteiger partial charge in [-0.05, 0) is 36.4 Å². The maximum absolute atomic E-state index is 12.4. The summed E-state index contributed by atoms with van der Waals surface area (Å²) in [6.07, 6.45) is 5.04. The standard InChI is InChI=1S/C17H14ClN3OS/c1-11-4-3-5-12(8-11)9-15-16(22)21(2)17(23-15)20-14-6-7-19-10-13(14)18/h3-10H,1-2H3/b15-9-,20-17?. The van der Waals surface area contributed by atoms with E-state index in [0.29, 0.717) is 20.8 Å². The SMILES string of the molecule is Cc1cccc(/C=C2\SC(=Nc3ccncc3Cl)N(C)C2=O)c1. The number of pyridine rings is 1. The first kappa shape index (κ1) is 15.8. The molecule has 0 aliphatic carbocycles. The molecule has 1 amide bonds. The summed E-state index contributed by atoms with van der Waals surface area (Å²) in [5, 5.41) is 1.06. The van der Waals surface area contributed by atoms with Crippen LogP contribution in [0.1, 0.15) is 11.1 Å². The van der Waals surface area contributed by atoms with Crippen molar-refractivity contribution in [3.05, 3.63) is 63.8 Å². The number of carbonyl (C=O) groups is 1. The molecule has 1 saturated heterocycles. The molecule has 4 nitrogen and oxygen atoms in total. The molecule has 6 heteroatoms. The summed E-state index contributed by atoms with van der Waals surface area (Å²) in [4.78, 5) is 23.0. The number of aliphatic imine (C=N–C) groups is 1. The number of nitrogens with zero attached hydrogens (tertiary/aromatic N) is 3. The highest BCUT2D eigenvalue weighted by Gasteiger charge is 2.30. The van der Waals surface area contributed by atoms with E-state index in [2.05, 4.69) is 9.98 Å². The number of hydrogen-bond acceptors (Lipinski definition) is 4. The summed E-state index contributed by atoms with van der Waals surface area (Å²) in [5.74, 6) is -0.0690. The minimum atomic E-state index is -0.0690. The Kier molecular flexibility index (Phi) is 4.50. The highest BCUT2D eigenvalue weighted by atomic mass is 35.5. The Morgan fingerprint density at radius 3 is 2.91 bits per heavy atom. The molecule has 0 radical (unpaired) electrons. The van der Waals surface area contributed by atoms with Gasteiger partial charge in [-0.1, -0.05) is 41.4 Å². The van der Waals surface area contributed by atoms with E-state index < -0.39 is 0 Å². The van der Waals surface area contributed by atoms with E-state index in [0.717, 1.165) is 11.1 Å². The quantitative estimate of drug-likeness (QED) is 0.765. The number of rotatable bonds is 2. The summed E-state index contributed by atoms with van der Waals surface area (Å²) in [5.41, 5.74) is 2.75. The molecule has 0 N–H and O–H groups in total. The lowest BCUT2D eigenvalue weighted by Crippen LogP contribution is -2.23. The van der Waals surface area contributed by atoms with Crippen LogP contribution in [0.15, 0.2) is 52.6 Å². The Hall–Kier alpha value is -2.11. The number of aryl methyl sites for hydroxylation is 1. The van der Waals surface area contributed by atoms with Gasteiger partial charge in [0.2, 0.25) is 0 Å². The van der Waals surface area contributed by atoms with Crippen LogP contribution < -0.4 is 0 Å². The second kappa shape index (κ2) is 6.56. The third-order valence-electron chi connectivity index (χ3n) is 3.31. The lowest BCUT2D eigenvalue weighted by Gasteiger charge is -2.07. The average molecular weight is 344 g/mol. The lowest BCUT2D eigenvalue weighted by atomic mass is 10.1. The Bertz CT molecular complexity index is 832. The summed E-state index contributed by atoms with van der Waals surface area (Å²) >= 11 is 7.41. The van der Waals surface area contributed by atoms with Crippen molar-refractivity contribution in [3.8, 4) is 0 Å². The van der Waals surface area contributed by atoms with Crippen LogP contribution >= 0.6 is 23.4 Å². The van der Waals surface area contributed by atoms with Crippen molar-refractivity contribution < 1.29 is 4.79 Å². The number of hydrogen-bond donors (Lipinski definition) is 0. The van der Waals surface area contributed by atoms with Crippen LogP contribution in [0, 0.1) is 6.92 Å². The molecule has 0 atom stereocenters. The molecule has 1 aromatic heterocycles. The molecule has 0 bridgehead atoms.